The van der Waals surface area contributed by atoms with Crippen LogP contribution >= 0.6 is 11.7 Å². The monoisotopic (exact) mass is 346 g/mol. The summed E-state index contributed by atoms with van der Waals surface area (Å²) in [6.45, 7) is 2.00. The van der Waals surface area contributed by atoms with Gasteiger partial charge in [0.1, 0.15) is 11.0 Å². The molecule has 0 saturated carbocycles. The lowest BCUT2D eigenvalue weighted by atomic mass is 9.90. The van der Waals surface area contributed by atoms with Crippen LogP contribution < -0.4 is 0 Å². The molecule has 1 aliphatic heterocycles. The first kappa shape index (κ1) is 14.2. The number of carbonyl (C=O) groups excluding carboxylic acids is 2. The van der Waals surface area contributed by atoms with Crippen molar-refractivity contribution in [2.45, 2.75) is 6.92 Å². The molecule has 25 heavy (non-hydrogen) atoms. The van der Waals surface area contributed by atoms with Gasteiger partial charge in [-0.1, -0.05) is 30.3 Å². The molecule has 0 amide bonds. The van der Waals surface area contributed by atoms with Crippen molar-refractivity contribution in [3.05, 3.63) is 59.2 Å². The smallest absolute Gasteiger partial charge is 0.346 e. The van der Waals surface area contributed by atoms with Crippen LogP contribution in [0.1, 0.15) is 26.3 Å². The van der Waals surface area contributed by atoms with Gasteiger partial charge in [-0.15, -0.1) is 0 Å². The van der Waals surface area contributed by atoms with Gasteiger partial charge in [0.25, 0.3) is 0 Å². The summed E-state index contributed by atoms with van der Waals surface area (Å²) < 4.78 is 13.6. The van der Waals surface area contributed by atoms with Crippen LogP contribution in [0.3, 0.4) is 0 Å². The fraction of sp³-hybridized carbons (Fsp3) is 0.0526. The Morgan fingerprint density at radius 2 is 1.48 bits per heavy atom. The molecule has 0 saturated heterocycles. The summed E-state index contributed by atoms with van der Waals surface area (Å²) in [7, 11) is 0. The van der Waals surface area contributed by atoms with Gasteiger partial charge in [-0.2, -0.15) is 8.75 Å². The maximum Gasteiger partial charge on any atom is 0.346 e. The van der Waals surface area contributed by atoms with Crippen LogP contribution in [0.2, 0.25) is 0 Å². The van der Waals surface area contributed by atoms with Crippen molar-refractivity contribution in [3.8, 4) is 11.1 Å². The van der Waals surface area contributed by atoms with Gasteiger partial charge in [0, 0.05) is 10.9 Å². The third-order valence-corrected chi connectivity index (χ3v) is 5.10. The number of esters is 2. The largest absolute Gasteiger partial charge is 0.386 e. The molecular formula is C19H10N2O3S. The predicted molar refractivity (Wildman–Crippen MR) is 94.8 cm³/mol. The van der Waals surface area contributed by atoms with Gasteiger partial charge in [0.2, 0.25) is 0 Å². The average Bonchev–Trinajstić information content (AvgIpc) is 3.10. The van der Waals surface area contributed by atoms with E-state index in [9.17, 15) is 9.59 Å². The van der Waals surface area contributed by atoms with E-state index in [1.807, 2.05) is 31.2 Å². The second-order valence-electron chi connectivity index (χ2n) is 5.96. The van der Waals surface area contributed by atoms with Crippen LogP contribution in [0.25, 0.3) is 32.9 Å². The molecule has 4 aromatic rings. The third kappa shape index (κ3) is 1.88. The zero-order chi connectivity index (χ0) is 17.1. The van der Waals surface area contributed by atoms with E-state index in [4.69, 9.17) is 4.74 Å². The molecule has 0 aliphatic carbocycles. The average molecular weight is 346 g/mol. The molecule has 5 nitrogen and oxygen atoms in total. The van der Waals surface area contributed by atoms with Crippen molar-refractivity contribution in [2.75, 3.05) is 0 Å². The molecule has 2 heterocycles. The Labute approximate surface area is 146 Å². The van der Waals surface area contributed by atoms with Crippen molar-refractivity contribution in [2.24, 2.45) is 0 Å². The molecular weight excluding hydrogens is 336 g/mol. The van der Waals surface area contributed by atoms with Crippen LogP contribution in [-0.2, 0) is 4.74 Å². The lowest BCUT2D eigenvalue weighted by Gasteiger charge is -2.17. The number of carbonyl (C=O) groups is 2. The number of cyclic esters (lactones) is 2. The van der Waals surface area contributed by atoms with Crippen LogP contribution in [0.15, 0.2) is 42.5 Å². The molecule has 0 radical (unpaired) electrons. The minimum absolute atomic E-state index is 0.411. The van der Waals surface area contributed by atoms with Crippen LogP contribution in [0.5, 0.6) is 0 Å². The Kier molecular flexibility index (Phi) is 2.81. The third-order valence-electron chi connectivity index (χ3n) is 4.57. The fourth-order valence-corrected chi connectivity index (χ4v) is 4.00. The number of nitrogens with zero attached hydrogens (tertiary/aromatic N) is 2. The topological polar surface area (TPSA) is 69.2 Å². The molecule has 5 rings (SSSR count). The molecule has 0 bridgehead atoms. The number of ether oxygens (including phenoxy) is 1. The number of benzene rings is 3. The summed E-state index contributed by atoms with van der Waals surface area (Å²) in [6.07, 6.45) is 0. The van der Waals surface area contributed by atoms with Crippen LogP contribution in [0, 0.1) is 6.92 Å². The highest BCUT2D eigenvalue weighted by Gasteiger charge is 2.28. The van der Waals surface area contributed by atoms with Gasteiger partial charge in [0.05, 0.1) is 22.9 Å². The minimum Gasteiger partial charge on any atom is -0.386 e. The normalized spacial score (nSPS) is 13.5. The number of aryl methyl sites for hydroxylation is 1. The Bertz CT molecular complexity index is 1210. The van der Waals surface area contributed by atoms with E-state index < -0.39 is 11.9 Å². The molecule has 1 aromatic heterocycles. The number of aromatic nitrogens is 2. The first-order valence-corrected chi connectivity index (χ1v) is 8.42. The number of fused-ring (bicyclic) bond motifs is 1. The highest BCUT2D eigenvalue weighted by molar-refractivity contribution is 7.00. The second-order valence-corrected chi connectivity index (χ2v) is 6.49. The lowest BCUT2D eigenvalue weighted by molar-refractivity contribution is 0.0391. The summed E-state index contributed by atoms with van der Waals surface area (Å²) in [4.78, 5) is 24.2. The van der Waals surface area contributed by atoms with Crippen molar-refractivity contribution >= 4 is 45.5 Å². The standard InChI is InChI=1S/C19H10N2O3S/c1-9-5-6-12(17-16(9)20-25-21-17)10-7-8-14-15-11(10)3-2-4-13(15)18(22)24-19(14)23/h2-8H,1H3. The second kappa shape index (κ2) is 4.94. The molecule has 120 valence electrons. The van der Waals surface area contributed by atoms with E-state index in [1.54, 1.807) is 18.2 Å². The van der Waals surface area contributed by atoms with E-state index in [0.717, 1.165) is 33.1 Å². The van der Waals surface area contributed by atoms with Gasteiger partial charge in [-0.05, 0) is 35.6 Å². The maximum absolute atomic E-state index is 12.1. The zero-order valence-corrected chi connectivity index (χ0v) is 13.9. The number of rotatable bonds is 1. The van der Waals surface area contributed by atoms with Gasteiger partial charge < -0.3 is 4.74 Å². The van der Waals surface area contributed by atoms with Gasteiger partial charge in [0.15, 0.2) is 0 Å². The SMILES string of the molecule is Cc1ccc(-c2ccc3c4c(cccc24)C(=O)OC3=O)c2nsnc12. The van der Waals surface area contributed by atoms with E-state index in [0.29, 0.717) is 16.5 Å². The summed E-state index contributed by atoms with van der Waals surface area (Å²) in [6, 6.07) is 13.0. The van der Waals surface area contributed by atoms with Gasteiger partial charge >= 0.3 is 11.9 Å². The molecule has 3 aromatic carbocycles. The molecule has 1 aliphatic rings. The van der Waals surface area contributed by atoms with Crippen molar-refractivity contribution in [3.63, 3.8) is 0 Å². The molecule has 0 fully saturated rings. The van der Waals surface area contributed by atoms with E-state index in [1.165, 1.54) is 11.7 Å². The lowest BCUT2D eigenvalue weighted by Crippen LogP contribution is -2.19. The van der Waals surface area contributed by atoms with E-state index in [2.05, 4.69) is 8.75 Å². The Hall–Kier alpha value is -3.12. The summed E-state index contributed by atoms with van der Waals surface area (Å²) in [5.41, 5.74) is 5.44. The van der Waals surface area contributed by atoms with Crippen molar-refractivity contribution in [1.29, 1.82) is 0 Å². The summed E-state index contributed by atoms with van der Waals surface area (Å²) in [5.74, 6) is -1.21. The molecule has 0 unspecified atom stereocenters. The molecule has 0 atom stereocenters. The molecule has 6 heteroatoms. The van der Waals surface area contributed by atoms with E-state index in [-0.39, 0.29) is 0 Å². The quantitative estimate of drug-likeness (QED) is 0.383. The highest BCUT2D eigenvalue weighted by Crippen LogP contribution is 2.38. The summed E-state index contributed by atoms with van der Waals surface area (Å²) in [5, 5.41) is 1.47. The minimum atomic E-state index is -0.607. The summed E-state index contributed by atoms with van der Waals surface area (Å²) >= 11 is 1.18. The van der Waals surface area contributed by atoms with E-state index >= 15 is 0 Å². The Morgan fingerprint density at radius 3 is 2.32 bits per heavy atom. The molecule has 0 N–H and O–H groups in total. The van der Waals surface area contributed by atoms with Crippen molar-refractivity contribution in [1.82, 2.24) is 8.75 Å². The maximum atomic E-state index is 12.1. The highest BCUT2D eigenvalue weighted by atomic mass is 32.1. The van der Waals surface area contributed by atoms with Crippen LogP contribution in [-0.4, -0.2) is 20.7 Å². The number of hydrogen-bond acceptors (Lipinski definition) is 6. The fourth-order valence-electron chi connectivity index (χ4n) is 3.38. The Balaban J connectivity index is 1.92. The predicted octanol–water partition coefficient (Wildman–Crippen LogP) is 4.13. The van der Waals surface area contributed by atoms with Gasteiger partial charge in [-0.3, -0.25) is 0 Å². The number of hydrogen-bond donors (Lipinski definition) is 0. The van der Waals surface area contributed by atoms with Crippen LogP contribution in [0.4, 0.5) is 0 Å². The first-order valence-electron chi connectivity index (χ1n) is 7.69. The first-order chi connectivity index (χ1) is 12.1. The zero-order valence-electron chi connectivity index (χ0n) is 13.1. The molecule has 0 spiro atoms. The van der Waals surface area contributed by atoms with Gasteiger partial charge in [-0.25, -0.2) is 9.59 Å². The van der Waals surface area contributed by atoms with Crippen molar-refractivity contribution < 1.29 is 14.3 Å². The Morgan fingerprint density at radius 1 is 0.800 bits per heavy atom.